The molecule has 1 aliphatic rings. The van der Waals surface area contributed by atoms with Crippen LogP contribution in [0.5, 0.6) is 0 Å². The Balaban J connectivity index is 1.64. The lowest BCUT2D eigenvalue weighted by atomic mass is 10.0. The predicted octanol–water partition coefficient (Wildman–Crippen LogP) is 2.34. The summed E-state index contributed by atoms with van der Waals surface area (Å²) in [5.41, 5.74) is 5.52. The minimum Gasteiger partial charge on any atom is -0.299 e. The van der Waals surface area contributed by atoms with Crippen LogP contribution in [0.3, 0.4) is 0 Å². The van der Waals surface area contributed by atoms with E-state index in [1.54, 1.807) is 0 Å². The lowest BCUT2D eigenvalue weighted by Gasteiger charge is -2.17. The Hall–Kier alpha value is -1.62. The van der Waals surface area contributed by atoms with Crippen LogP contribution in [0.25, 0.3) is 0 Å². The third-order valence-electron chi connectivity index (χ3n) is 5.06. The standard InChI is InChI=1S/C18H29N5/c1-5-17-16(18(6-2)22(4)20-17)13-23-8-7-14(12-23)9-15-10-19-21(3)11-15/h10-11,14H,5-9,12-13H2,1-4H3/t14-/m1/s1. The molecule has 1 atom stereocenters. The SMILES string of the molecule is CCc1nn(C)c(CC)c1CN1CC[C@H](Cc2cnn(C)c2)C1. The highest BCUT2D eigenvalue weighted by molar-refractivity contribution is 5.26. The van der Waals surface area contributed by atoms with Gasteiger partial charge in [-0.3, -0.25) is 14.3 Å². The van der Waals surface area contributed by atoms with Gasteiger partial charge in [0, 0.05) is 44.6 Å². The summed E-state index contributed by atoms with van der Waals surface area (Å²) in [6, 6.07) is 0. The number of likely N-dealkylation sites (tertiary alicyclic amines) is 1. The molecule has 0 amide bonds. The molecule has 0 spiro atoms. The van der Waals surface area contributed by atoms with E-state index in [2.05, 4.69) is 41.8 Å². The third kappa shape index (κ3) is 3.50. The van der Waals surface area contributed by atoms with Gasteiger partial charge in [0.05, 0.1) is 11.9 Å². The van der Waals surface area contributed by atoms with E-state index in [-0.39, 0.29) is 0 Å². The van der Waals surface area contributed by atoms with Crippen molar-refractivity contribution < 1.29 is 0 Å². The summed E-state index contributed by atoms with van der Waals surface area (Å²) < 4.78 is 3.98. The molecule has 2 aromatic heterocycles. The zero-order chi connectivity index (χ0) is 16.4. The highest BCUT2D eigenvalue weighted by Crippen LogP contribution is 2.25. The van der Waals surface area contributed by atoms with E-state index in [1.165, 1.54) is 42.0 Å². The van der Waals surface area contributed by atoms with Gasteiger partial charge in [0.1, 0.15) is 0 Å². The maximum Gasteiger partial charge on any atom is 0.0669 e. The average Bonchev–Trinajstić information content (AvgIpc) is 3.21. The van der Waals surface area contributed by atoms with Crippen LogP contribution in [0.1, 0.15) is 42.8 Å². The minimum absolute atomic E-state index is 0.756. The van der Waals surface area contributed by atoms with Gasteiger partial charge in [-0.05, 0) is 43.7 Å². The zero-order valence-corrected chi connectivity index (χ0v) is 14.9. The molecule has 3 heterocycles. The fraction of sp³-hybridized carbons (Fsp3) is 0.667. The van der Waals surface area contributed by atoms with Crippen molar-refractivity contribution in [3.8, 4) is 0 Å². The molecule has 5 heteroatoms. The van der Waals surface area contributed by atoms with E-state index in [9.17, 15) is 0 Å². The predicted molar refractivity (Wildman–Crippen MR) is 92.3 cm³/mol. The van der Waals surface area contributed by atoms with Crippen LogP contribution in [0.2, 0.25) is 0 Å². The lowest BCUT2D eigenvalue weighted by Crippen LogP contribution is -2.22. The van der Waals surface area contributed by atoms with Crippen LogP contribution in [-0.2, 0) is 39.9 Å². The van der Waals surface area contributed by atoms with Crippen LogP contribution in [0, 0.1) is 5.92 Å². The van der Waals surface area contributed by atoms with Crippen molar-refractivity contribution in [2.75, 3.05) is 13.1 Å². The molecule has 1 fully saturated rings. The molecule has 0 bridgehead atoms. The molecule has 3 rings (SSSR count). The highest BCUT2D eigenvalue weighted by atomic mass is 15.3. The van der Waals surface area contributed by atoms with Crippen LogP contribution >= 0.6 is 0 Å². The largest absolute Gasteiger partial charge is 0.299 e. The van der Waals surface area contributed by atoms with Crippen LogP contribution in [0.15, 0.2) is 12.4 Å². The smallest absolute Gasteiger partial charge is 0.0669 e. The minimum atomic E-state index is 0.756. The van der Waals surface area contributed by atoms with E-state index >= 15 is 0 Å². The first-order valence-corrected chi connectivity index (χ1v) is 8.84. The number of aromatic nitrogens is 4. The highest BCUT2D eigenvalue weighted by Gasteiger charge is 2.25. The number of hydrogen-bond acceptors (Lipinski definition) is 3. The van der Waals surface area contributed by atoms with Crippen molar-refractivity contribution in [3.05, 3.63) is 34.9 Å². The van der Waals surface area contributed by atoms with Crippen molar-refractivity contribution in [2.45, 2.75) is 46.1 Å². The maximum absolute atomic E-state index is 4.71. The second-order valence-electron chi connectivity index (χ2n) is 6.82. The Morgan fingerprint density at radius 3 is 2.70 bits per heavy atom. The first-order chi connectivity index (χ1) is 11.1. The van der Waals surface area contributed by atoms with Gasteiger partial charge in [0.2, 0.25) is 0 Å². The summed E-state index contributed by atoms with van der Waals surface area (Å²) in [5, 5.41) is 9.00. The molecular formula is C18H29N5. The van der Waals surface area contributed by atoms with Gasteiger partial charge >= 0.3 is 0 Å². The maximum atomic E-state index is 4.71. The molecule has 5 nitrogen and oxygen atoms in total. The average molecular weight is 315 g/mol. The topological polar surface area (TPSA) is 38.9 Å². The summed E-state index contributed by atoms with van der Waals surface area (Å²) in [7, 11) is 4.07. The first kappa shape index (κ1) is 16.2. The van der Waals surface area contributed by atoms with E-state index in [1.807, 2.05) is 17.9 Å². The van der Waals surface area contributed by atoms with Crippen LogP contribution in [0.4, 0.5) is 0 Å². The lowest BCUT2D eigenvalue weighted by molar-refractivity contribution is 0.314. The zero-order valence-electron chi connectivity index (χ0n) is 14.9. The molecule has 23 heavy (non-hydrogen) atoms. The summed E-state index contributed by atoms with van der Waals surface area (Å²) in [6.45, 7) is 7.89. The summed E-state index contributed by atoms with van der Waals surface area (Å²) in [4.78, 5) is 2.61. The Labute approximate surface area is 139 Å². The molecule has 0 aliphatic carbocycles. The fourth-order valence-corrected chi connectivity index (χ4v) is 3.93. The van der Waals surface area contributed by atoms with Gasteiger partial charge in [-0.15, -0.1) is 0 Å². The second kappa shape index (κ2) is 6.87. The molecule has 1 aliphatic heterocycles. The molecule has 2 aromatic rings. The Morgan fingerprint density at radius 1 is 1.22 bits per heavy atom. The normalized spacial score (nSPS) is 18.9. The van der Waals surface area contributed by atoms with Crippen molar-refractivity contribution >= 4 is 0 Å². The third-order valence-corrected chi connectivity index (χ3v) is 5.06. The Morgan fingerprint density at radius 2 is 2.04 bits per heavy atom. The van der Waals surface area contributed by atoms with Crippen molar-refractivity contribution in [3.63, 3.8) is 0 Å². The second-order valence-corrected chi connectivity index (χ2v) is 6.82. The number of aryl methyl sites for hydroxylation is 3. The van der Waals surface area contributed by atoms with Gasteiger partial charge in [-0.25, -0.2) is 0 Å². The van der Waals surface area contributed by atoms with E-state index in [0.29, 0.717) is 0 Å². The van der Waals surface area contributed by atoms with E-state index < -0.39 is 0 Å². The van der Waals surface area contributed by atoms with Gasteiger partial charge in [-0.1, -0.05) is 13.8 Å². The summed E-state index contributed by atoms with van der Waals surface area (Å²) >= 11 is 0. The molecule has 126 valence electrons. The molecular weight excluding hydrogens is 286 g/mol. The van der Waals surface area contributed by atoms with Crippen LogP contribution < -0.4 is 0 Å². The van der Waals surface area contributed by atoms with Crippen molar-refractivity contribution in [1.29, 1.82) is 0 Å². The molecule has 0 unspecified atom stereocenters. The van der Waals surface area contributed by atoms with Crippen molar-refractivity contribution in [2.24, 2.45) is 20.0 Å². The quantitative estimate of drug-likeness (QED) is 0.821. The number of nitrogens with zero attached hydrogens (tertiary/aromatic N) is 5. The molecule has 0 aromatic carbocycles. The van der Waals surface area contributed by atoms with Gasteiger partial charge in [0.15, 0.2) is 0 Å². The van der Waals surface area contributed by atoms with E-state index in [0.717, 1.165) is 31.7 Å². The fourth-order valence-electron chi connectivity index (χ4n) is 3.93. The van der Waals surface area contributed by atoms with Gasteiger partial charge in [-0.2, -0.15) is 10.2 Å². The monoisotopic (exact) mass is 315 g/mol. The summed E-state index contributed by atoms with van der Waals surface area (Å²) in [6.07, 6.45) is 8.68. The first-order valence-electron chi connectivity index (χ1n) is 8.84. The van der Waals surface area contributed by atoms with Crippen LogP contribution in [-0.4, -0.2) is 37.6 Å². The molecule has 0 N–H and O–H groups in total. The number of rotatable bonds is 6. The van der Waals surface area contributed by atoms with Crippen molar-refractivity contribution in [1.82, 2.24) is 24.5 Å². The van der Waals surface area contributed by atoms with Gasteiger partial charge in [0.25, 0.3) is 0 Å². The van der Waals surface area contributed by atoms with Gasteiger partial charge < -0.3 is 0 Å². The molecule has 0 saturated carbocycles. The van der Waals surface area contributed by atoms with E-state index in [4.69, 9.17) is 5.10 Å². The number of hydrogen-bond donors (Lipinski definition) is 0. The molecule has 1 saturated heterocycles. The Kier molecular flexibility index (Phi) is 4.85. The Bertz CT molecular complexity index is 654. The summed E-state index contributed by atoms with van der Waals surface area (Å²) in [5.74, 6) is 0.756. The molecule has 0 radical (unpaired) electrons.